The van der Waals surface area contributed by atoms with Crippen molar-refractivity contribution in [2.45, 2.75) is 19.8 Å². The molecule has 0 saturated carbocycles. The van der Waals surface area contributed by atoms with Crippen molar-refractivity contribution in [1.29, 1.82) is 0 Å². The highest BCUT2D eigenvalue weighted by Gasteiger charge is 2.18. The monoisotopic (exact) mass is 374 g/mol. The third kappa shape index (κ3) is 5.42. The van der Waals surface area contributed by atoms with Crippen molar-refractivity contribution in [3.63, 3.8) is 0 Å². The summed E-state index contributed by atoms with van der Waals surface area (Å²) in [4.78, 5) is 38.7. The molecule has 2 aromatic rings. The van der Waals surface area contributed by atoms with E-state index in [4.69, 9.17) is 4.74 Å². The molecule has 7 heteroatoms. The van der Waals surface area contributed by atoms with Crippen LogP contribution >= 0.6 is 11.3 Å². The maximum atomic E-state index is 12.3. The number of amides is 2. The van der Waals surface area contributed by atoms with Crippen molar-refractivity contribution in [3.05, 3.63) is 46.7 Å². The molecule has 0 aliphatic heterocycles. The Morgan fingerprint density at radius 1 is 1.12 bits per heavy atom. The predicted octanol–water partition coefficient (Wildman–Crippen LogP) is 3.21. The molecule has 1 N–H and O–H groups in total. The third-order valence-electron chi connectivity index (χ3n) is 3.81. The molecule has 1 aromatic heterocycles. The van der Waals surface area contributed by atoms with E-state index < -0.39 is 0 Å². The summed E-state index contributed by atoms with van der Waals surface area (Å²) in [5.41, 5.74) is 0.552. The maximum Gasteiger partial charge on any atom is 0.244 e. The molecular formula is C19H22N2O4S. The second-order valence-electron chi connectivity index (χ2n) is 5.56. The van der Waals surface area contributed by atoms with E-state index in [1.165, 1.54) is 23.3 Å². The zero-order valence-corrected chi connectivity index (χ0v) is 15.7. The summed E-state index contributed by atoms with van der Waals surface area (Å²) < 4.78 is 5.19. The number of methoxy groups -OCH3 is 1. The van der Waals surface area contributed by atoms with Crippen LogP contribution in [0.25, 0.3) is 0 Å². The zero-order valence-electron chi connectivity index (χ0n) is 14.9. The van der Waals surface area contributed by atoms with Crippen LogP contribution in [-0.4, -0.2) is 42.7 Å². The number of nitrogens with zero attached hydrogens (tertiary/aromatic N) is 1. The van der Waals surface area contributed by atoms with Crippen LogP contribution in [0.1, 0.15) is 29.4 Å². The number of ketones is 1. The number of likely N-dealkylation sites (N-methyl/N-ethyl adjacent to an activating group) is 1. The number of thiophene rings is 1. The number of Topliss-reactive ketones (excluding diaryl/α,β-unsaturated/α-hetero) is 1. The minimum absolute atomic E-state index is 0.0529. The largest absolute Gasteiger partial charge is 0.495 e. The molecule has 0 bridgehead atoms. The van der Waals surface area contributed by atoms with E-state index in [1.54, 1.807) is 43.3 Å². The Morgan fingerprint density at radius 2 is 1.88 bits per heavy atom. The average Bonchev–Trinajstić information content (AvgIpc) is 3.19. The van der Waals surface area contributed by atoms with Gasteiger partial charge in [-0.2, -0.15) is 0 Å². The molecule has 0 aliphatic carbocycles. The lowest BCUT2D eigenvalue weighted by molar-refractivity contribution is -0.134. The van der Waals surface area contributed by atoms with Crippen LogP contribution < -0.4 is 10.1 Å². The van der Waals surface area contributed by atoms with Crippen molar-refractivity contribution in [1.82, 2.24) is 4.90 Å². The number of hydrogen-bond donors (Lipinski definition) is 1. The molecule has 0 aliphatic rings. The van der Waals surface area contributed by atoms with Gasteiger partial charge in [0.1, 0.15) is 5.75 Å². The molecular weight excluding hydrogens is 352 g/mol. The lowest BCUT2D eigenvalue weighted by Gasteiger charge is -2.20. The Balaban J connectivity index is 1.88. The molecule has 26 heavy (non-hydrogen) atoms. The van der Waals surface area contributed by atoms with Crippen molar-refractivity contribution >= 4 is 34.6 Å². The van der Waals surface area contributed by atoms with Crippen LogP contribution in [0.5, 0.6) is 5.75 Å². The number of para-hydroxylation sites is 2. The molecule has 1 heterocycles. The van der Waals surface area contributed by atoms with Gasteiger partial charge in [0.2, 0.25) is 11.8 Å². The van der Waals surface area contributed by atoms with Gasteiger partial charge in [-0.3, -0.25) is 14.4 Å². The number of nitrogens with one attached hydrogen (secondary N) is 1. The lowest BCUT2D eigenvalue weighted by Crippen LogP contribution is -2.38. The van der Waals surface area contributed by atoms with Crippen molar-refractivity contribution in [2.75, 3.05) is 25.5 Å². The normalized spacial score (nSPS) is 10.2. The summed E-state index contributed by atoms with van der Waals surface area (Å²) in [5, 5.41) is 4.57. The van der Waals surface area contributed by atoms with Crippen LogP contribution in [-0.2, 0) is 9.59 Å². The van der Waals surface area contributed by atoms with Crippen LogP contribution in [0, 0.1) is 0 Å². The van der Waals surface area contributed by atoms with E-state index in [0.29, 0.717) is 22.9 Å². The highest BCUT2D eigenvalue weighted by atomic mass is 32.1. The second-order valence-corrected chi connectivity index (χ2v) is 6.50. The summed E-state index contributed by atoms with van der Waals surface area (Å²) in [6.07, 6.45) is 0.233. The number of benzene rings is 1. The van der Waals surface area contributed by atoms with E-state index in [1.807, 2.05) is 5.38 Å². The number of carbonyl (C=O) groups is 3. The lowest BCUT2D eigenvalue weighted by atomic mass is 10.2. The molecule has 138 valence electrons. The highest BCUT2D eigenvalue weighted by molar-refractivity contribution is 7.12. The first-order valence-electron chi connectivity index (χ1n) is 8.32. The number of hydrogen-bond acceptors (Lipinski definition) is 5. The Morgan fingerprint density at radius 3 is 2.54 bits per heavy atom. The molecule has 6 nitrogen and oxygen atoms in total. The Kier molecular flexibility index (Phi) is 7.35. The van der Waals surface area contributed by atoms with Gasteiger partial charge in [-0.15, -0.1) is 11.3 Å². The Hall–Kier alpha value is -2.67. The topological polar surface area (TPSA) is 75.7 Å². The van der Waals surface area contributed by atoms with Crippen LogP contribution in [0.2, 0.25) is 0 Å². The molecule has 0 radical (unpaired) electrons. The van der Waals surface area contributed by atoms with Crippen molar-refractivity contribution in [3.8, 4) is 5.75 Å². The smallest absolute Gasteiger partial charge is 0.244 e. The summed E-state index contributed by atoms with van der Waals surface area (Å²) in [5.74, 6) is -0.0264. The van der Waals surface area contributed by atoms with Gasteiger partial charge >= 0.3 is 0 Å². The summed E-state index contributed by atoms with van der Waals surface area (Å²) in [7, 11) is 1.53. The van der Waals surface area contributed by atoms with E-state index in [2.05, 4.69) is 5.32 Å². The number of ether oxygens (including phenoxy) is 1. The highest BCUT2D eigenvalue weighted by Crippen LogP contribution is 2.22. The van der Waals surface area contributed by atoms with Gasteiger partial charge in [-0.25, -0.2) is 0 Å². The van der Waals surface area contributed by atoms with Gasteiger partial charge in [-0.05, 0) is 30.5 Å². The second kappa shape index (κ2) is 9.72. The van der Waals surface area contributed by atoms with Gasteiger partial charge in [0.05, 0.1) is 24.2 Å². The van der Waals surface area contributed by atoms with Gasteiger partial charge < -0.3 is 15.0 Å². The fourth-order valence-electron chi connectivity index (χ4n) is 2.43. The van der Waals surface area contributed by atoms with Gasteiger partial charge in [0.25, 0.3) is 0 Å². The van der Waals surface area contributed by atoms with Gasteiger partial charge in [0.15, 0.2) is 5.78 Å². The SMILES string of the molecule is CCN(CC(=O)Nc1ccccc1OC)C(=O)CCC(=O)c1cccs1. The van der Waals surface area contributed by atoms with E-state index in [9.17, 15) is 14.4 Å². The Labute approximate surface area is 156 Å². The van der Waals surface area contributed by atoms with Gasteiger partial charge in [0, 0.05) is 19.4 Å². The first-order chi connectivity index (χ1) is 12.5. The van der Waals surface area contributed by atoms with Gasteiger partial charge in [-0.1, -0.05) is 18.2 Å². The van der Waals surface area contributed by atoms with Crippen LogP contribution in [0.15, 0.2) is 41.8 Å². The molecule has 2 rings (SSSR count). The van der Waals surface area contributed by atoms with Crippen molar-refractivity contribution < 1.29 is 19.1 Å². The van der Waals surface area contributed by atoms with E-state index >= 15 is 0 Å². The molecule has 0 spiro atoms. The van der Waals surface area contributed by atoms with Crippen LogP contribution in [0.4, 0.5) is 5.69 Å². The fourth-order valence-corrected chi connectivity index (χ4v) is 3.12. The predicted molar refractivity (Wildman–Crippen MR) is 102 cm³/mol. The van der Waals surface area contributed by atoms with Crippen molar-refractivity contribution in [2.24, 2.45) is 0 Å². The molecule has 1 aromatic carbocycles. The maximum absolute atomic E-state index is 12.3. The van der Waals surface area contributed by atoms with E-state index in [-0.39, 0.29) is 37.0 Å². The minimum Gasteiger partial charge on any atom is -0.495 e. The first kappa shape index (κ1) is 19.7. The first-order valence-corrected chi connectivity index (χ1v) is 9.20. The number of anilines is 1. The summed E-state index contributed by atoms with van der Waals surface area (Å²) in [6.45, 7) is 2.13. The summed E-state index contributed by atoms with van der Waals surface area (Å²) in [6, 6.07) is 10.6. The summed E-state index contributed by atoms with van der Waals surface area (Å²) >= 11 is 1.36. The molecule has 0 saturated heterocycles. The van der Waals surface area contributed by atoms with Crippen LogP contribution in [0.3, 0.4) is 0 Å². The molecule has 0 atom stereocenters. The Bertz CT molecular complexity index is 759. The molecule has 2 amide bonds. The zero-order chi connectivity index (χ0) is 18.9. The minimum atomic E-state index is -0.311. The quantitative estimate of drug-likeness (QED) is 0.684. The molecule has 0 fully saturated rings. The average molecular weight is 374 g/mol. The molecule has 0 unspecified atom stereocenters. The standard InChI is InChI=1S/C19H22N2O4S/c1-3-21(19(24)11-10-15(22)17-9-6-12-26-17)13-18(23)20-14-7-4-5-8-16(14)25-2/h4-9,12H,3,10-11,13H2,1-2H3,(H,20,23). The van der Waals surface area contributed by atoms with E-state index in [0.717, 1.165) is 0 Å². The third-order valence-corrected chi connectivity index (χ3v) is 4.72. The number of rotatable bonds is 9. The fraction of sp³-hybridized carbons (Fsp3) is 0.316. The number of carbonyl (C=O) groups excluding carboxylic acids is 3.